The minimum atomic E-state index is -0.0767. The van der Waals surface area contributed by atoms with Gasteiger partial charge in [-0.05, 0) is 167 Å². The van der Waals surface area contributed by atoms with Gasteiger partial charge in [-0.3, -0.25) is 0 Å². The average molecular weight is 931 g/mol. The summed E-state index contributed by atoms with van der Waals surface area (Å²) < 4.78 is 2.42. The van der Waals surface area contributed by atoms with Crippen LogP contribution in [0.1, 0.15) is 25.0 Å². The number of benzene rings is 12. The van der Waals surface area contributed by atoms with E-state index in [0.717, 1.165) is 22.7 Å². The lowest BCUT2D eigenvalue weighted by atomic mass is 9.81. The van der Waals surface area contributed by atoms with Crippen molar-refractivity contribution >= 4 is 60.4 Å². The monoisotopic (exact) mass is 930 g/mol. The second-order valence-electron chi connectivity index (χ2n) is 20.0. The van der Waals surface area contributed by atoms with Crippen LogP contribution in [-0.2, 0) is 5.41 Å². The number of nitrogens with zero attached hydrogens (tertiary/aromatic N) is 2. The molecule has 0 radical (unpaired) electrons. The molecule has 0 spiro atoms. The van der Waals surface area contributed by atoms with Crippen LogP contribution in [0.5, 0.6) is 0 Å². The molecule has 14 rings (SSSR count). The fraction of sp³-hybridized carbons (Fsp3) is 0.0423. The number of aromatic nitrogens is 1. The first-order valence-corrected chi connectivity index (χ1v) is 25.4. The summed E-state index contributed by atoms with van der Waals surface area (Å²) >= 11 is 0. The maximum Gasteiger partial charge on any atom is 0.0542 e. The maximum atomic E-state index is 2.43. The Kier molecular flexibility index (Phi) is 9.91. The van der Waals surface area contributed by atoms with Crippen molar-refractivity contribution in [2.75, 3.05) is 4.90 Å². The maximum absolute atomic E-state index is 2.43. The van der Waals surface area contributed by atoms with Crippen LogP contribution < -0.4 is 4.90 Å². The molecule has 2 nitrogen and oxygen atoms in total. The summed E-state index contributed by atoms with van der Waals surface area (Å²) in [7, 11) is 0. The molecule has 1 aromatic heterocycles. The highest BCUT2D eigenvalue weighted by Gasteiger charge is 2.35. The van der Waals surface area contributed by atoms with E-state index in [2.05, 4.69) is 290 Å². The highest BCUT2D eigenvalue weighted by molar-refractivity contribution is 6.22. The third kappa shape index (κ3) is 6.94. The molecule has 344 valence electrons. The highest BCUT2D eigenvalue weighted by atomic mass is 15.1. The summed E-state index contributed by atoms with van der Waals surface area (Å²) in [5.41, 5.74) is 21.9. The molecule has 0 saturated heterocycles. The Morgan fingerprint density at radius 1 is 0.288 bits per heavy atom. The van der Waals surface area contributed by atoms with Crippen LogP contribution in [0.25, 0.3) is 105 Å². The molecule has 0 unspecified atom stereocenters. The number of hydrogen-bond donors (Lipinski definition) is 0. The van der Waals surface area contributed by atoms with Gasteiger partial charge in [0.05, 0.1) is 11.0 Å². The van der Waals surface area contributed by atoms with Crippen molar-refractivity contribution in [3.63, 3.8) is 0 Å². The van der Waals surface area contributed by atoms with Crippen molar-refractivity contribution in [2.45, 2.75) is 19.3 Å². The fourth-order valence-electron chi connectivity index (χ4n) is 12.1. The largest absolute Gasteiger partial charge is 0.310 e. The van der Waals surface area contributed by atoms with E-state index in [1.807, 2.05) is 0 Å². The second-order valence-corrected chi connectivity index (χ2v) is 20.0. The Bertz CT molecular complexity index is 4250. The summed E-state index contributed by atoms with van der Waals surface area (Å²) in [6.45, 7) is 4.72. The SMILES string of the molecule is CC1(C)c2ccccc2-c2ccc(-c3ccc4c(c3)c3cc(N(c5ccccc5)c5ccc(-c6ccc7c(-c8ccccc8)c8ccccc8c(-c8ccccc8)c7c6)cc5)ccc3n4-c3ccccc3)cc21. The zero-order valence-corrected chi connectivity index (χ0v) is 40.8. The van der Waals surface area contributed by atoms with Gasteiger partial charge in [-0.1, -0.05) is 202 Å². The summed E-state index contributed by atoms with van der Waals surface area (Å²) in [6, 6.07) is 98.4. The average Bonchev–Trinajstić information content (AvgIpc) is 3.90. The molecule has 1 aliphatic carbocycles. The fourth-order valence-corrected chi connectivity index (χ4v) is 12.1. The van der Waals surface area contributed by atoms with Gasteiger partial charge in [0.2, 0.25) is 0 Å². The van der Waals surface area contributed by atoms with Crippen molar-refractivity contribution in [1.29, 1.82) is 0 Å². The number of rotatable bonds is 8. The summed E-state index contributed by atoms with van der Waals surface area (Å²) in [6.07, 6.45) is 0. The van der Waals surface area contributed by atoms with Crippen molar-refractivity contribution < 1.29 is 0 Å². The van der Waals surface area contributed by atoms with Crippen molar-refractivity contribution in [3.8, 4) is 61.3 Å². The van der Waals surface area contributed by atoms with E-state index in [0.29, 0.717) is 0 Å². The molecular formula is C71H50N2. The first kappa shape index (κ1) is 42.6. The minimum absolute atomic E-state index is 0.0767. The van der Waals surface area contributed by atoms with Crippen LogP contribution in [-0.4, -0.2) is 4.57 Å². The minimum Gasteiger partial charge on any atom is -0.310 e. The zero-order valence-electron chi connectivity index (χ0n) is 40.8. The molecule has 13 aromatic rings. The molecule has 12 aromatic carbocycles. The van der Waals surface area contributed by atoms with Gasteiger partial charge in [0.15, 0.2) is 0 Å². The van der Waals surface area contributed by atoms with Crippen LogP contribution in [0.15, 0.2) is 267 Å². The molecule has 0 aliphatic heterocycles. The van der Waals surface area contributed by atoms with Crippen LogP contribution in [0.4, 0.5) is 17.1 Å². The molecule has 0 fully saturated rings. The zero-order chi connectivity index (χ0) is 48.6. The van der Waals surface area contributed by atoms with E-state index in [4.69, 9.17) is 0 Å². The topological polar surface area (TPSA) is 8.17 Å². The normalized spacial score (nSPS) is 12.6. The van der Waals surface area contributed by atoms with E-state index < -0.39 is 0 Å². The Morgan fingerprint density at radius 3 is 1.44 bits per heavy atom. The van der Waals surface area contributed by atoms with Crippen molar-refractivity contribution in [1.82, 2.24) is 4.57 Å². The Hall–Kier alpha value is -9.24. The Labute approximate surface area is 426 Å². The van der Waals surface area contributed by atoms with Gasteiger partial charge in [0, 0.05) is 38.9 Å². The molecular weight excluding hydrogens is 881 g/mol. The van der Waals surface area contributed by atoms with Crippen LogP contribution in [0.3, 0.4) is 0 Å². The summed E-state index contributed by atoms with van der Waals surface area (Å²) in [4.78, 5) is 2.39. The molecule has 0 N–H and O–H groups in total. The van der Waals surface area contributed by atoms with E-state index in [9.17, 15) is 0 Å². The summed E-state index contributed by atoms with van der Waals surface area (Å²) in [5, 5.41) is 7.43. The van der Waals surface area contributed by atoms with Gasteiger partial charge in [0.1, 0.15) is 0 Å². The molecule has 0 bridgehead atoms. The first-order chi connectivity index (χ1) is 36.0. The lowest BCUT2D eigenvalue weighted by Gasteiger charge is -2.26. The second kappa shape index (κ2) is 17.0. The lowest BCUT2D eigenvalue weighted by Crippen LogP contribution is -2.14. The Morgan fingerprint density at radius 2 is 0.740 bits per heavy atom. The first-order valence-electron chi connectivity index (χ1n) is 25.4. The molecule has 1 heterocycles. The van der Waals surface area contributed by atoms with E-state index >= 15 is 0 Å². The third-order valence-electron chi connectivity index (χ3n) is 15.6. The van der Waals surface area contributed by atoms with E-state index in [-0.39, 0.29) is 5.41 Å². The smallest absolute Gasteiger partial charge is 0.0542 e. The van der Waals surface area contributed by atoms with Crippen molar-refractivity contribution in [3.05, 3.63) is 278 Å². The lowest BCUT2D eigenvalue weighted by molar-refractivity contribution is 0.660. The molecule has 1 aliphatic rings. The predicted molar refractivity (Wildman–Crippen MR) is 310 cm³/mol. The van der Waals surface area contributed by atoms with Gasteiger partial charge < -0.3 is 9.47 Å². The molecule has 0 amide bonds. The van der Waals surface area contributed by atoms with Gasteiger partial charge in [-0.15, -0.1) is 0 Å². The third-order valence-corrected chi connectivity index (χ3v) is 15.6. The van der Waals surface area contributed by atoms with Gasteiger partial charge >= 0.3 is 0 Å². The number of fused-ring (bicyclic) bond motifs is 8. The number of para-hydroxylation sites is 2. The quantitative estimate of drug-likeness (QED) is 0.138. The van der Waals surface area contributed by atoms with Gasteiger partial charge in [0.25, 0.3) is 0 Å². The molecule has 0 saturated carbocycles. The van der Waals surface area contributed by atoms with Crippen LogP contribution >= 0.6 is 0 Å². The van der Waals surface area contributed by atoms with Gasteiger partial charge in [-0.2, -0.15) is 0 Å². The van der Waals surface area contributed by atoms with Crippen molar-refractivity contribution in [2.24, 2.45) is 0 Å². The molecule has 0 atom stereocenters. The molecule has 2 heteroatoms. The van der Waals surface area contributed by atoms with Crippen LogP contribution in [0.2, 0.25) is 0 Å². The predicted octanol–water partition coefficient (Wildman–Crippen LogP) is 19.5. The molecule has 73 heavy (non-hydrogen) atoms. The van der Waals surface area contributed by atoms with Crippen LogP contribution in [0, 0.1) is 0 Å². The highest BCUT2D eigenvalue weighted by Crippen LogP contribution is 2.50. The number of anilines is 3. The summed E-state index contributed by atoms with van der Waals surface area (Å²) in [5.74, 6) is 0. The number of hydrogen-bond acceptors (Lipinski definition) is 1. The van der Waals surface area contributed by atoms with Gasteiger partial charge in [-0.25, -0.2) is 0 Å². The standard InChI is InChI=1S/C71H50N2/c1-71(2)65-30-18-17-27-57(65)58-39-33-52(45-66(58)71)51-35-41-67-62(43-51)63-46-56(38-42-68(63)73(67)54-25-13-6-14-26-54)72(53-23-11-5-12-24-53)55-36-31-47(32-37-55)50-34-40-61-64(44-50)70(49-21-9-4-10-22-49)60-29-16-15-28-59(60)69(61)48-19-7-3-8-20-48/h3-46H,1-2H3. The van der Waals surface area contributed by atoms with E-state index in [1.54, 1.807) is 0 Å². The van der Waals surface area contributed by atoms with E-state index in [1.165, 1.54) is 110 Å². The Balaban J connectivity index is 0.904.